The SMILES string of the molecule is CC/C=C\C/C=C\C/C=C\C/C=C\CCCCCCCCCCC(=O)OC(COC(=O)CCCCCCCCCCC)COP(=O)(O)OC. The molecule has 0 fully saturated rings. The van der Waals surface area contributed by atoms with E-state index in [9.17, 15) is 19.0 Å². The molecule has 0 aromatic carbocycles. The third-order valence-corrected chi connectivity index (χ3v) is 9.02. The van der Waals surface area contributed by atoms with Crippen molar-refractivity contribution in [1.29, 1.82) is 0 Å². The molecule has 8 nitrogen and oxygen atoms in total. The van der Waals surface area contributed by atoms with Crippen LogP contribution in [0.15, 0.2) is 48.6 Å². The first-order valence-electron chi connectivity index (χ1n) is 19.3. The normalized spacial score (nSPS) is 14.0. The fraction of sp³-hybridized carbons (Fsp3) is 0.750. The van der Waals surface area contributed by atoms with E-state index in [-0.39, 0.29) is 19.0 Å². The molecule has 0 saturated carbocycles. The number of esters is 2. The van der Waals surface area contributed by atoms with Gasteiger partial charge in [0.15, 0.2) is 6.10 Å². The number of unbranched alkanes of at least 4 members (excludes halogenated alkanes) is 16. The van der Waals surface area contributed by atoms with E-state index in [1.807, 2.05) is 0 Å². The molecule has 0 radical (unpaired) electrons. The van der Waals surface area contributed by atoms with Gasteiger partial charge in [0.05, 0.1) is 6.61 Å². The van der Waals surface area contributed by atoms with Crippen LogP contribution in [0.2, 0.25) is 0 Å². The number of phosphoric ester groups is 1. The van der Waals surface area contributed by atoms with E-state index < -0.39 is 26.5 Å². The maximum Gasteiger partial charge on any atom is 0.472 e. The van der Waals surface area contributed by atoms with Gasteiger partial charge in [-0.05, 0) is 51.4 Å². The predicted molar refractivity (Wildman–Crippen MR) is 202 cm³/mol. The molecule has 0 aliphatic heterocycles. The Morgan fingerprint density at radius 1 is 0.592 bits per heavy atom. The lowest BCUT2D eigenvalue weighted by molar-refractivity contribution is -0.161. The highest BCUT2D eigenvalue weighted by atomic mass is 31.2. The molecule has 0 saturated heterocycles. The van der Waals surface area contributed by atoms with Gasteiger partial charge in [-0.25, -0.2) is 4.57 Å². The molecule has 49 heavy (non-hydrogen) atoms. The number of hydrogen-bond acceptors (Lipinski definition) is 7. The molecule has 0 rings (SSSR count). The first-order valence-corrected chi connectivity index (χ1v) is 20.8. The monoisotopic (exact) mass is 710 g/mol. The van der Waals surface area contributed by atoms with E-state index in [0.717, 1.165) is 77.7 Å². The van der Waals surface area contributed by atoms with Crippen molar-refractivity contribution in [1.82, 2.24) is 0 Å². The third-order valence-electron chi connectivity index (χ3n) is 8.09. The molecule has 0 amide bonds. The number of rotatable bonds is 35. The molecule has 0 bridgehead atoms. The summed E-state index contributed by atoms with van der Waals surface area (Å²) in [7, 11) is -3.20. The van der Waals surface area contributed by atoms with Crippen LogP contribution >= 0.6 is 7.82 Å². The molecule has 0 aliphatic rings. The van der Waals surface area contributed by atoms with Gasteiger partial charge >= 0.3 is 19.8 Å². The molecule has 0 aromatic rings. The summed E-state index contributed by atoms with van der Waals surface area (Å²) in [4.78, 5) is 34.3. The van der Waals surface area contributed by atoms with Gasteiger partial charge in [0.25, 0.3) is 0 Å². The molecular formula is C40H71O8P. The summed E-state index contributed by atoms with van der Waals surface area (Å²) in [6.07, 6.45) is 41.7. The first-order chi connectivity index (χ1) is 23.8. The zero-order valence-electron chi connectivity index (χ0n) is 31.3. The highest BCUT2D eigenvalue weighted by molar-refractivity contribution is 7.47. The minimum atomic E-state index is -4.26. The van der Waals surface area contributed by atoms with E-state index >= 15 is 0 Å². The van der Waals surface area contributed by atoms with Crippen LogP contribution in [0.5, 0.6) is 0 Å². The maximum atomic E-state index is 12.5. The van der Waals surface area contributed by atoms with Gasteiger partial charge in [-0.15, -0.1) is 0 Å². The molecule has 1 N–H and O–H groups in total. The number of carbonyl (C=O) groups is 2. The second-order valence-electron chi connectivity index (χ2n) is 12.7. The predicted octanol–water partition coefficient (Wildman–Crippen LogP) is 11.8. The number of carbonyl (C=O) groups excluding carboxylic acids is 2. The fourth-order valence-electron chi connectivity index (χ4n) is 5.12. The molecule has 2 unspecified atom stereocenters. The molecule has 9 heteroatoms. The summed E-state index contributed by atoms with van der Waals surface area (Å²) in [6.45, 7) is 3.73. The van der Waals surface area contributed by atoms with Crippen molar-refractivity contribution in [3.63, 3.8) is 0 Å². The summed E-state index contributed by atoms with van der Waals surface area (Å²) in [5.41, 5.74) is 0. The van der Waals surface area contributed by atoms with Crippen LogP contribution in [-0.2, 0) is 32.7 Å². The Kier molecular flexibility index (Phi) is 34.4. The average molecular weight is 711 g/mol. The van der Waals surface area contributed by atoms with E-state index in [1.165, 1.54) is 64.2 Å². The summed E-state index contributed by atoms with van der Waals surface area (Å²) in [5, 5.41) is 0. The zero-order valence-corrected chi connectivity index (χ0v) is 32.2. The van der Waals surface area contributed by atoms with Crippen LogP contribution in [0.1, 0.15) is 168 Å². The van der Waals surface area contributed by atoms with Gasteiger partial charge in [-0.1, -0.05) is 152 Å². The van der Waals surface area contributed by atoms with Crippen molar-refractivity contribution in [2.45, 2.75) is 174 Å². The Labute approximate surface area is 299 Å². The van der Waals surface area contributed by atoms with Crippen molar-refractivity contribution >= 4 is 19.8 Å². The van der Waals surface area contributed by atoms with E-state index in [1.54, 1.807) is 0 Å². The lowest BCUT2D eigenvalue weighted by Gasteiger charge is -2.19. The smallest absolute Gasteiger partial charge is 0.462 e. The molecule has 2 atom stereocenters. The van der Waals surface area contributed by atoms with Crippen LogP contribution in [0.4, 0.5) is 0 Å². The second kappa shape index (κ2) is 35.8. The topological polar surface area (TPSA) is 108 Å². The average Bonchev–Trinajstić information content (AvgIpc) is 3.09. The standard InChI is InChI=1S/C40H71O8P/c1-4-6-8-10-12-14-15-16-17-18-19-20-21-22-23-24-25-27-29-31-33-35-40(42)48-38(37-47-49(43,44)45-3)36-46-39(41)34-32-30-28-26-13-11-9-7-5-2/h6,8,12,14,16-17,19-20,38H,4-5,7,9-11,13,15,18,21-37H2,1-3H3,(H,43,44)/b8-6-,14-12-,17-16-,20-19-. The van der Waals surface area contributed by atoms with E-state index in [0.29, 0.717) is 12.8 Å². The zero-order chi connectivity index (χ0) is 36.1. The number of ether oxygens (including phenoxy) is 2. The Hall–Kier alpha value is -1.99. The Morgan fingerprint density at radius 3 is 1.55 bits per heavy atom. The fourth-order valence-corrected chi connectivity index (χ4v) is 5.58. The molecule has 284 valence electrons. The van der Waals surface area contributed by atoms with Crippen molar-refractivity contribution in [3.05, 3.63) is 48.6 Å². The van der Waals surface area contributed by atoms with E-state index in [2.05, 4.69) is 67.0 Å². The van der Waals surface area contributed by atoms with E-state index in [4.69, 9.17) is 14.0 Å². The van der Waals surface area contributed by atoms with Crippen molar-refractivity contribution in [3.8, 4) is 0 Å². The summed E-state index contributed by atoms with van der Waals surface area (Å²) in [5.74, 6) is -0.817. The Balaban J connectivity index is 4.01. The van der Waals surface area contributed by atoms with Gasteiger partial charge in [0.1, 0.15) is 6.61 Å². The number of phosphoric acid groups is 1. The number of hydrogen-bond donors (Lipinski definition) is 1. The lowest BCUT2D eigenvalue weighted by Crippen LogP contribution is -2.29. The largest absolute Gasteiger partial charge is 0.472 e. The van der Waals surface area contributed by atoms with Crippen LogP contribution < -0.4 is 0 Å². The Morgan fingerprint density at radius 2 is 1.04 bits per heavy atom. The maximum absolute atomic E-state index is 12.5. The van der Waals surface area contributed by atoms with Gasteiger partial charge in [0, 0.05) is 20.0 Å². The minimum Gasteiger partial charge on any atom is -0.462 e. The number of allylic oxidation sites excluding steroid dienone is 8. The Bertz CT molecular complexity index is 943. The first kappa shape index (κ1) is 47.0. The van der Waals surface area contributed by atoms with Crippen molar-refractivity contribution in [2.75, 3.05) is 20.3 Å². The molecule has 0 heterocycles. The van der Waals surface area contributed by atoms with Gasteiger partial charge in [-0.2, -0.15) is 0 Å². The van der Waals surface area contributed by atoms with Crippen molar-refractivity contribution < 1.29 is 37.6 Å². The van der Waals surface area contributed by atoms with Crippen LogP contribution in [0, 0.1) is 0 Å². The lowest BCUT2D eigenvalue weighted by atomic mass is 10.1. The third kappa shape index (κ3) is 35.6. The van der Waals surface area contributed by atoms with Gasteiger partial charge in [-0.3, -0.25) is 18.6 Å². The van der Waals surface area contributed by atoms with Gasteiger partial charge < -0.3 is 14.4 Å². The molecular weight excluding hydrogens is 639 g/mol. The highest BCUT2D eigenvalue weighted by Gasteiger charge is 2.24. The van der Waals surface area contributed by atoms with Gasteiger partial charge in [0.2, 0.25) is 0 Å². The summed E-state index contributed by atoms with van der Waals surface area (Å²) < 4.78 is 31.8. The quantitative estimate of drug-likeness (QED) is 0.0300. The minimum absolute atomic E-state index is 0.228. The summed E-state index contributed by atoms with van der Waals surface area (Å²) >= 11 is 0. The van der Waals surface area contributed by atoms with Crippen LogP contribution in [-0.4, -0.2) is 43.3 Å². The molecule has 0 spiro atoms. The molecule has 0 aromatic heterocycles. The van der Waals surface area contributed by atoms with Crippen LogP contribution in [0.3, 0.4) is 0 Å². The molecule has 0 aliphatic carbocycles. The van der Waals surface area contributed by atoms with Crippen LogP contribution in [0.25, 0.3) is 0 Å². The highest BCUT2D eigenvalue weighted by Crippen LogP contribution is 2.42. The summed E-state index contributed by atoms with van der Waals surface area (Å²) in [6, 6.07) is 0. The second-order valence-corrected chi connectivity index (χ2v) is 14.2. The van der Waals surface area contributed by atoms with Crippen molar-refractivity contribution in [2.24, 2.45) is 0 Å².